The van der Waals surface area contributed by atoms with E-state index in [-0.39, 0.29) is 5.91 Å². The number of benzene rings is 1. The summed E-state index contributed by atoms with van der Waals surface area (Å²) in [6.07, 6.45) is 5.11. The van der Waals surface area contributed by atoms with Gasteiger partial charge in [0.05, 0.1) is 16.8 Å². The van der Waals surface area contributed by atoms with Gasteiger partial charge in [-0.3, -0.25) is 19.4 Å². The fourth-order valence-corrected chi connectivity index (χ4v) is 4.18. The topological polar surface area (TPSA) is 63.9 Å². The number of carbonyl (C=O) groups is 1. The van der Waals surface area contributed by atoms with Crippen LogP contribution in [0.2, 0.25) is 5.02 Å². The molecule has 6 nitrogen and oxygen atoms in total. The number of halogens is 1. The lowest BCUT2D eigenvalue weighted by Gasteiger charge is -2.20. The fraction of sp³-hybridized carbons (Fsp3) is 0.200. The van der Waals surface area contributed by atoms with Crippen LogP contribution in [-0.4, -0.2) is 25.7 Å². The van der Waals surface area contributed by atoms with E-state index in [0.717, 1.165) is 21.3 Å². The zero-order valence-corrected chi connectivity index (χ0v) is 17.0. The molecule has 0 unspecified atom stereocenters. The van der Waals surface area contributed by atoms with Crippen molar-refractivity contribution in [3.05, 3.63) is 70.8 Å². The molecule has 0 atom stereocenters. The molecule has 0 N–H and O–H groups in total. The van der Waals surface area contributed by atoms with Crippen LogP contribution >= 0.6 is 22.9 Å². The van der Waals surface area contributed by atoms with Gasteiger partial charge >= 0.3 is 0 Å². The van der Waals surface area contributed by atoms with Crippen LogP contribution in [0.1, 0.15) is 28.5 Å². The van der Waals surface area contributed by atoms with Crippen molar-refractivity contribution in [1.82, 2.24) is 19.7 Å². The highest BCUT2D eigenvalue weighted by molar-refractivity contribution is 7.22. The Morgan fingerprint density at radius 3 is 2.86 bits per heavy atom. The summed E-state index contributed by atoms with van der Waals surface area (Å²) in [5.74, 6) is -0.147. The second kappa shape index (κ2) is 7.69. The molecule has 0 fully saturated rings. The number of carbonyl (C=O) groups excluding carboxylic acids is 1. The number of thiazole rings is 1. The molecule has 0 saturated heterocycles. The molecular formula is C20H18ClN5OS. The van der Waals surface area contributed by atoms with Gasteiger partial charge in [0.15, 0.2) is 5.13 Å². The first-order valence-electron chi connectivity index (χ1n) is 8.86. The highest BCUT2D eigenvalue weighted by Crippen LogP contribution is 2.34. The Morgan fingerprint density at radius 1 is 1.25 bits per heavy atom. The maximum absolute atomic E-state index is 13.4. The first-order valence-corrected chi connectivity index (χ1v) is 10.1. The highest BCUT2D eigenvalue weighted by Gasteiger charge is 2.25. The van der Waals surface area contributed by atoms with E-state index in [0.29, 0.717) is 28.9 Å². The summed E-state index contributed by atoms with van der Waals surface area (Å²) >= 11 is 7.73. The Hall–Kier alpha value is -2.77. The van der Waals surface area contributed by atoms with Crippen molar-refractivity contribution in [1.29, 1.82) is 0 Å². The predicted molar refractivity (Wildman–Crippen MR) is 112 cm³/mol. The van der Waals surface area contributed by atoms with Crippen LogP contribution in [0, 0.1) is 6.92 Å². The van der Waals surface area contributed by atoms with Gasteiger partial charge in [0, 0.05) is 30.2 Å². The molecule has 0 saturated carbocycles. The predicted octanol–water partition coefficient (Wildman–Crippen LogP) is 4.72. The zero-order valence-electron chi connectivity index (χ0n) is 15.5. The molecule has 0 aliphatic heterocycles. The second-order valence-corrected chi connectivity index (χ2v) is 7.72. The molecule has 28 heavy (non-hydrogen) atoms. The number of aryl methyl sites for hydroxylation is 2. The van der Waals surface area contributed by atoms with Crippen molar-refractivity contribution in [3.8, 4) is 0 Å². The third-order valence-electron chi connectivity index (χ3n) is 4.51. The van der Waals surface area contributed by atoms with Crippen LogP contribution in [0.15, 0.2) is 48.9 Å². The molecule has 0 radical (unpaired) electrons. The normalized spacial score (nSPS) is 11.1. The Labute approximate surface area is 171 Å². The van der Waals surface area contributed by atoms with Gasteiger partial charge in [-0.25, -0.2) is 4.98 Å². The molecule has 8 heteroatoms. The van der Waals surface area contributed by atoms with E-state index in [4.69, 9.17) is 16.6 Å². The van der Waals surface area contributed by atoms with Crippen molar-refractivity contribution in [2.45, 2.75) is 26.9 Å². The van der Waals surface area contributed by atoms with Gasteiger partial charge in [0.25, 0.3) is 5.91 Å². The minimum atomic E-state index is -0.147. The number of fused-ring (bicyclic) bond motifs is 1. The van der Waals surface area contributed by atoms with E-state index < -0.39 is 0 Å². The molecular weight excluding hydrogens is 394 g/mol. The monoisotopic (exact) mass is 411 g/mol. The summed E-state index contributed by atoms with van der Waals surface area (Å²) in [5, 5.41) is 5.52. The second-order valence-electron chi connectivity index (χ2n) is 6.30. The largest absolute Gasteiger partial charge is 0.278 e. The number of amides is 1. The van der Waals surface area contributed by atoms with E-state index >= 15 is 0 Å². The lowest BCUT2D eigenvalue weighted by Crippen LogP contribution is -2.32. The van der Waals surface area contributed by atoms with Gasteiger partial charge in [-0.1, -0.05) is 29.0 Å². The van der Waals surface area contributed by atoms with Crippen molar-refractivity contribution < 1.29 is 4.79 Å². The minimum Gasteiger partial charge on any atom is -0.278 e. The van der Waals surface area contributed by atoms with Crippen molar-refractivity contribution in [2.24, 2.45) is 0 Å². The smallest absolute Gasteiger partial charge is 0.278 e. The summed E-state index contributed by atoms with van der Waals surface area (Å²) < 4.78 is 2.68. The summed E-state index contributed by atoms with van der Waals surface area (Å²) in [6, 6.07) is 9.34. The summed E-state index contributed by atoms with van der Waals surface area (Å²) in [5.41, 5.74) is 3.18. The number of anilines is 1. The third-order valence-corrected chi connectivity index (χ3v) is 5.96. The minimum absolute atomic E-state index is 0.147. The molecule has 142 valence electrons. The van der Waals surface area contributed by atoms with E-state index in [1.54, 1.807) is 34.2 Å². The summed E-state index contributed by atoms with van der Waals surface area (Å²) in [7, 11) is 0. The zero-order chi connectivity index (χ0) is 19.7. The van der Waals surface area contributed by atoms with Gasteiger partial charge in [-0.2, -0.15) is 5.10 Å². The van der Waals surface area contributed by atoms with Crippen LogP contribution in [-0.2, 0) is 13.1 Å². The van der Waals surface area contributed by atoms with Crippen LogP contribution in [0.4, 0.5) is 5.13 Å². The maximum atomic E-state index is 13.4. The lowest BCUT2D eigenvalue weighted by molar-refractivity contribution is 0.0975. The SMILES string of the molecule is CCn1nccc1C(=O)N(Cc1cccnc1)c1nc2c(C)c(Cl)ccc2s1. The summed E-state index contributed by atoms with van der Waals surface area (Å²) in [4.78, 5) is 24.0. The molecule has 4 rings (SSSR count). The molecule has 3 heterocycles. The number of hydrogen-bond acceptors (Lipinski definition) is 5. The first-order chi connectivity index (χ1) is 13.6. The molecule has 1 aromatic carbocycles. The van der Waals surface area contributed by atoms with Crippen molar-refractivity contribution in [3.63, 3.8) is 0 Å². The van der Waals surface area contributed by atoms with Crippen molar-refractivity contribution >= 4 is 44.2 Å². The number of rotatable bonds is 5. The summed E-state index contributed by atoms with van der Waals surface area (Å²) in [6.45, 7) is 4.88. The Bertz CT molecular complexity index is 1140. The molecule has 3 aromatic heterocycles. The van der Waals surface area contributed by atoms with E-state index in [2.05, 4.69) is 10.1 Å². The quantitative estimate of drug-likeness (QED) is 0.476. The fourth-order valence-electron chi connectivity index (χ4n) is 3.01. The van der Waals surface area contributed by atoms with Gasteiger partial charge < -0.3 is 0 Å². The Kier molecular flexibility index (Phi) is 5.11. The number of hydrogen-bond donors (Lipinski definition) is 0. The number of nitrogens with zero attached hydrogens (tertiary/aromatic N) is 5. The molecule has 0 spiro atoms. The number of pyridine rings is 1. The van der Waals surface area contributed by atoms with Gasteiger partial charge in [-0.05, 0) is 49.2 Å². The molecule has 1 amide bonds. The van der Waals surface area contributed by atoms with E-state index in [1.807, 2.05) is 38.1 Å². The van der Waals surface area contributed by atoms with Crippen LogP contribution in [0.5, 0.6) is 0 Å². The average molecular weight is 412 g/mol. The highest BCUT2D eigenvalue weighted by atomic mass is 35.5. The lowest BCUT2D eigenvalue weighted by atomic mass is 10.2. The van der Waals surface area contributed by atoms with Gasteiger partial charge in [-0.15, -0.1) is 0 Å². The number of aromatic nitrogens is 4. The van der Waals surface area contributed by atoms with Gasteiger partial charge in [0.2, 0.25) is 0 Å². The van der Waals surface area contributed by atoms with E-state index in [1.165, 1.54) is 11.3 Å². The maximum Gasteiger partial charge on any atom is 0.278 e. The molecule has 0 bridgehead atoms. The third kappa shape index (κ3) is 3.39. The van der Waals surface area contributed by atoms with Gasteiger partial charge in [0.1, 0.15) is 5.69 Å². The molecule has 0 aliphatic rings. The first kappa shape index (κ1) is 18.6. The van der Waals surface area contributed by atoms with Crippen LogP contribution in [0.3, 0.4) is 0 Å². The Balaban J connectivity index is 1.81. The van der Waals surface area contributed by atoms with Crippen LogP contribution < -0.4 is 4.90 Å². The van der Waals surface area contributed by atoms with Crippen LogP contribution in [0.25, 0.3) is 10.2 Å². The van der Waals surface area contributed by atoms with E-state index in [9.17, 15) is 4.79 Å². The molecule has 0 aliphatic carbocycles. The molecule has 4 aromatic rings. The van der Waals surface area contributed by atoms with Crippen molar-refractivity contribution in [2.75, 3.05) is 4.90 Å². The average Bonchev–Trinajstić information content (AvgIpc) is 3.36. The standard InChI is InChI=1S/C20H18ClN5OS/c1-3-26-16(8-10-23-26)19(27)25(12-14-5-4-9-22-11-14)20-24-18-13(2)15(21)6-7-17(18)28-20/h4-11H,3,12H2,1-2H3. The Morgan fingerprint density at radius 2 is 2.11 bits per heavy atom.